The maximum Gasteiger partial charge on any atom is 0.407 e. The number of ether oxygens (including phenoxy) is 2. The number of benzene rings is 2. The lowest BCUT2D eigenvalue weighted by atomic mass is 10.1. The molecule has 0 saturated heterocycles. The predicted molar refractivity (Wildman–Crippen MR) is 122 cm³/mol. The number of amides is 2. The van der Waals surface area contributed by atoms with Crippen molar-refractivity contribution in [3.05, 3.63) is 92.0 Å². The lowest BCUT2D eigenvalue weighted by Crippen LogP contribution is -2.35. The fraction of sp³-hybridized carbons (Fsp3) is 0.227. The van der Waals surface area contributed by atoms with Gasteiger partial charge >= 0.3 is 12.1 Å². The van der Waals surface area contributed by atoms with E-state index in [0.717, 1.165) is 18.2 Å². The first-order valence-corrected chi connectivity index (χ1v) is 10.1. The minimum atomic E-state index is -0.881. The van der Waals surface area contributed by atoms with Crippen LogP contribution in [0.4, 0.5) is 16.2 Å². The van der Waals surface area contributed by atoms with Crippen molar-refractivity contribution in [3.63, 3.8) is 0 Å². The van der Waals surface area contributed by atoms with Crippen molar-refractivity contribution in [1.82, 2.24) is 10.6 Å². The molecule has 2 rings (SSSR count). The van der Waals surface area contributed by atoms with E-state index in [1.54, 1.807) is 30.3 Å². The highest BCUT2D eigenvalue weighted by Crippen LogP contribution is 2.23. The first-order chi connectivity index (χ1) is 16.6. The molecule has 0 aliphatic rings. The van der Waals surface area contributed by atoms with E-state index in [1.807, 2.05) is 0 Å². The molecule has 184 valence electrons. The van der Waals surface area contributed by atoms with Crippen LogP contribution in [-0.2, 0) is 14.3 Å². The van der Waals surface area contributed by atoms with Gasteiger partial charge in [0, 0.05) is 17.7 Å². The number of alkyl carbamates (subject to hydrolysis) is 1. The molecule has 1 atom stereocenters. The van der Waals surface area contributed by atoms with Gasteiger partial charge in [-0.25, -0.2) is 9.59 Å². The van der Waals surface area contributed by atoms with Crippen LogP contribution >= 0.6 is 0 Å². The fourth-order valence-electron chi connectivity index (χ4n) is 2.72. The zero-order valence-corrected chi connectivity index (χ0v) is 18.6. The average Bonchev–Trinajstić information content (AvgIpc) is 2.84. The number of carbonyl (C=O) groups is 3. The van der Waals surface area contributed by atoms with Crippen molar-refractivity contribution in [2.24, 2.45) is 0 Å². The maximum absolute atomic E-state index is 12.8. The van der Waals surface area contributed by atoms with Gasteiger partial charge in [0.25, 0.3) is 17.3 Å². The second-order valence-corrected chi connectivity index (χ2v) is 7.13. The van der Waals surface area contributed by atoms with Gasteiger partial charge in [0.2, 0.25) is 0 Å². The molecule has 0 saturated carbocycles. The topological polar surface area (TPSA) is 180 Å². The summed E-state index contributed by atoms with van der Waals surface area (Å²) >= 11 is 0. The number of hydrogen-bond acceptors (Lipinski definition) is 9. The molecular weight excluding hydrogens is 464 g/mol. The Morgan fingerprint density at radius 1 is 1.00 bits per heavy atom. The Kier molecular flexibility index (Phi) is 9.39. The van der Waals surface area contributed by atoms with Crippen LogP contribution in [0, 0.1) is 20.2 Å². The molecule has 13 heteroatoms. The van der Waals surface area contributed by atoms with Gasteiger partial charge in [-0.05, 0) is 12.5 Å². The number of hydrogen-bond donors (Lipinski definition) is 2. The van der Waals surface area contributed by atoms with Crippen LogP contribution in [0.5, 0.6) is 0 Å². The monoisotopic (exact) mass is 486 g/mol. The van der Waals surface area contributed by atoms with Crippen molar-refractivity contribution in [1.29, 1.82) is 0 Å². The summed E-state index contributed by atoms with van der Waals surface area (Å²) in [6.45, 7) is 4.45. The van der Waals surface area contributed by atoms with Crippen LogP contribution in [0.3, 0.4) is 0 Å². The predicted octanol–water partition coefficient (Wildman–Crippen LogP) is 2.82. The summed E-state index contributed by atoms with van der Waals surface area (Å²) < 4.78 is 9.98. The van der Waals surface area contributed by atoms with Crippen molar-refractivity contribution in [3.8, 4) is 0 Å². The van der Waals surface area contributed by atoms with Crippen molar-refractivity contribution >= 4 is 29.3 Å². The molecular formula is C22H22N4O9. The Balaban J connectivity index is 2.08. The number of esters is 1. The van der Waals surface area contributed by atoms with Crippen LogP contribution in [0.1, 0.15) is 28.9 Å². The van der Waals surface area contributed by atoms with Gasteiger partial charge < -0.3 is 20.1 Å². The number of rotatable bonds is 11. The molecule has 2 amide bonds. The number of nitrogens with zero attached hydrogens (tertiary/aromatic N) is 2. The van der Waals surface area contributed by atoms with Gasteiger partial charge in [0.05, 0.1) is 34.1 Å². The summed E-state index contributed by atoms with van der Waals surface area (Å²) in [5, 5.41) is 27.2. The van der Waals surface area contributed by atoms with Crippen molar-refractivity contribution < 1.29 is 33.7 Å². The molecule has 2 aromatic carbocycles. The van der Waals surface area contributed by atoms with E-state index < -0.39 is 45.2 Å². The Labute approximate surface area is 199 Å². The summed E-state index contributed by atoms with van der Waals surface area (Å²) in [7, 11) is 0. The standard InChI is InChI=1S/C22H22N4O9/c1-14(2)21(28)34-9-8-23-22(29)35-13-19(15-6-4-3-5-7-15)24-20(27)16-10-17(25(30)31)12-18(11-16)26(32)33/h3-7,10-12,19H,1,8-9,13H2,2H3,(H,23,29)(H,24,27)/t19-/m1/s1. The second kappa shape index (κ2) is 12.4. The quantitative estimate of drug-likeness (QED) is 0.159. The van der Waals surface area contributed by atoms with Crippen molar-refractivity contribution in [2.45, 2.75) is 13.0 Å². The molecule has 13 nitrogen and oxygen atoms in total. The van der Waals surface area contributed by atoms with Crippen LogP contribution in [0.15, 0.2) is 60.7 Å². The number of non-ortho nitro benzene ring substituents is 2. The summed E-state index contributed by atoms with van der Waals surface area (Å²) in [5.41, 5.74) is -0.796. The number of nitrogens with one attached hydrogen (secondary N) is 2. The molecule has 0 bridgehead atoms. The number of nitro groups is 2. The Morgan fingerprint density at radius 2 is 1.60 bits per heavy atom. The van der Waals surface area contributed by atoms with E-state index in [2.05, 4.69) is 17.2 Å². The third kappa shape index (κ3) is 8.24. The van der Waals surface area contributed by atoms with E-state index >= 15 is 0 Å². The SMILES string of the molecule is C=C(C)C(=O)OCCNC(=O)OC[C@@H](NC(=O)c1cc([N+](=O)[O-])cc([N+](=O)[O-])c1)c1ccccc1. The first-order valence-electron chi connectivity index (χ1n) is 10.1. The van der Waals surface area contributed by atoms with Gasteiger partial charge in [-0.15, -0.1) is 0 Å². The van der Waals surface area contributed by atoms with Crippen LogP contribution in [0.2, 0.25) is 0 Å². The van der Waals surface area contributed by atoms with Crippen LogP contribution < -0.4 is 10.6 Å². The van der Waals surface area contributed by atoms with Gasteiger partial charge in [-0.3, -0.25) is 25.0 Å². The largest absolute Gasteiger partial charge is 0.460 e. The lowest BCUT2D eigenvalue weighted by molar-refractivity contribution is -0.394. The van der Waals surface area contributed by atoms with E-state index in [9.17, 15) is 34.6 Å². The molecule has 0 fully saturated rings. The van der Waals surface area contributed by atoms with Crippen LogP contribution in [0.25, 0.3) is 0 Å². The lowest BCUT2D eigenvalue weighted by Gasteiger charge is -2.19. The molecule has 35 heavy (non-hydrogen) atoms. The maximum atomic E-state index is 12.8. The van der Waals surface area contributed by atoms with E-state index in [-0.39, 0.29) is 30.9 Å². The molecule has 0 unspecified atom stereocenters. The average molecular weight is 486 g/mol. The van der Waals surface area contributed by atoms with E-state index in [0.29, 0.717) is 5.56 Å². The molecule has 0 aliphatic heterocycles. The molecule has 0 spiro atoms. The molecule has 2 N–H and O–H groups in total. The highest BCUT2D eigenvalue weighted by atomic mass is 16.6. The van der Waals surface area contributed by atoms with E-state index in [4.69, 9.17) is 9.47 Å². The zero-order chi connectivity index (χ0) is 26.0. The van der Waals surface area contributed by atoms with Gasteiger partial charge in [0.15, 0.2) is 0 Å². The number of carbonyl (C=O) groups excluding carboxylic acids is 3. The normalized spacial score (nSPS) is 11.0. The Morgan fingerprint density at radius 3 is 2.14 bits per heavy atom. The summed E-state index contributed by atoms with van der Waals surface area (Å²) in [5.74, 6) is -1.45. The minimum absolute atomic E-state index is 0.0302. The van der Waals surface area contributed by atoms with Crippen molar-refractivity contribution in [2.75, 3.05) is 19.8 Å². The minimum Gasteiger partial charge on any atom is -0.460 e. The third-order valence-corrected chi connectivity index (χ3v) is 4.43. The highest BCUT2D eigenvalue weighted by Gasteiger charge is 2.23. The van der Waals surface area contributed by atoms with E-state index in [1.165, 1.54) is 6.92 Å². The second-order valence-electron chi connectivity index (χ2n) is 7.13. The number of nitro benzene ring substituents is 2. The highest BCUT2D eigenvalue weighted by molar-refractivity contribution is 5.96. The smallest absolute Gasteiger partial charge is 0.407 e. The first kappa shape index (κ1) is 26.4. The Bertz CT molecular complexity index is 1100. The third-order valence-electron chi connectivity index (χ3n) is 4.43. The summed E-state index contributed by atoms with van der Waals surface area (Å²) in [4.78, 5) is 56.6. The molecule has 0 aromatic heterocycles. The Hall–Kier alpha value is -4.81. The molecule has 0 aliphatic carbocycles. The summed E-state index contributed by atoms with van der Waals surface area (Å²) in [6, 6.07) is 10.1. The van der Waals surface area contributed by atoms with Crippen LogP contribution in [-0.4, -0.2) is 47.6 Å². The molecule has 2 aromatic rings. The molecule has 0 heterocycles. The van der Waals surface area contributed by atoms with Gasteiger partial charge in [0.1, 0.15) is 13.2 Å². The van der Waals surface area contributed by atoms with Gasteiger partial charge in [-0.2, -0.15) is 0 Å². The summed E-state index contributed by atoms with van der Waals surface area (Å²) in [6.07, 6.45) is -0.849. The van der Waals surface area contributed by atoms with Gasteiger partial charge in [-0.1, -0.05) is 36.9 Å². The molecule has 0 radical (unpaired) electrons. The zero-order valence-electron chi connectivity index (χ0n) is 18.6. The fourth-order valence-corrected chi connectivity index (χ4v) is 2.72.